The number of aliphatic carboxylic acids is 1. The Morgan fingerprint density at radius 1 is 1.19 bits per heavy atom. The van der Waals surface area contributed by atoms with Gasteiger partial charge in [-0.25, -0.2) is 0 Å². The standard InChI is InChI=1S/C21H23NO4/c1-3-21(20(24)25)12-16-9-11-18(21)22(16)19(23)15-7-5-14(6-8-15)17-10-4-13(2)26-17/h4-8,10,16,18H,3,9,11-12H2,1-2H3,(H,24,25)/t16-,18+,21+/m0/s1. The lowest BCUT2D eigenvalue weighted by atomic mass is 9.72. The van der Waals surface area contributed by atoms with E-state index in [4.69, 9.17) is 4.42 Å². The van der Waals surface area contributed by atoms with Gasteiger partial charge in [-0.1, -0.05) is 19.1 Å². The number of carbonyl (C=O) groups is 2. The van der Waals surface area contributed by atoms with Crippen molar-refractivity contribution in [2.75, 3.05) is 0 Å². The number of carboxylic acids is 1. The van der Waals surface area contributed by atoms with Gasteiger partial charge >= 0.3 is 5.97 Å². The SMILES string of the molecule is CC[C@@]1(C(=O)O)C[C@@H]2CC[C@H]1N2C(=O)c1ccc(-c2ccc(C)o2)cc1. The molecule has 0 unspecified atom stereocenters. The molecule has 1 amide bonds. The van der Waals surface area contributed by atoms with Crippen molar-refractivity contribution in [3.63, 3.8) is 0 Å². The normalized spacial score (nSPS) is 27.1. The number of benzene rings is 1. The number of hydrogen-bond donors (Lipinski definition) is 1. The van der Waals surface area contributed by atoms with Gasteiger partial charge in [-0.05, 0) is 56.9 Å². The first-order valence-electron chi connectivity index (χ1n) is 9.19. The molecule has 26 heavy (non-hydrogen) atoms. The topological polar surface area (TPSA) is 70.8 Å². The number of carboxylic acid groups (broad SMARTS) is 1. The second kappa shape index (κ2) is 6.01. The average molecular weight is 353 g/mol. The van der Waals surface area contributed by atoms with E-state index in [0.717, 1.165) is 29.9 Å². The summed E-state index contributed by atoms with van der Waals surface area (Å²) in [4.78, 5) is 26.8. The van der Waals surface area contributed by atoms with E-state index in [1.165, 1.54) is 0 Å². The molecule has 0 aliphatic carbocycles. The Morgan fingerprint density at radius 2 is 1.92 bits per heavy atom. The third-order valence-corrected chi connectivity index (χ3v) is 6.19. The van der Waals surface area contributed by atoms with Crippen molar-refractivity contribution in [3.8, 4) is 11.3 Å². The first kappa shape index (κ1) is 16.9. The fourth-order valence-corrected chi connectivity index (χ4v) is 4.77. The van der Waals surface area contributed by atoms with Crippen molar-refractivity contribution >= 4 is 11.9 Å². The van der Waals surface area contributed by atoms with Crippen LogP contribution in [0.4, 0.5) is 0 Å². The molecule has 2 aliphatic heterocycles. The van der Waals surface area contributed by atoms with Crippen LogP contribution >= 0.6 is 0 Å². The van der Waals surface area contributed by atoms with Crippen LogP contribution in [0.5, 0.6) is 0 Å². The molecule has 2 aromatic rings. The highest BCUT2D eigenvalue weighted by Gasteiger charge is 2.60. The zero-order valence-corrected chi connectivity index (χ0v) is 15.1. The maximum Gasteiger partial charge on any atom is 0.311 e. The maximum absolute atomic E-state index is 13.1. The summed E-state index contributed by atoms with van der Waals surface area (Å²) in [6, 6.07) is 11.0. The molecule has 3 atom stereocenters. The smallest absolute Gasteiger partial charge is 0.311 e. The largest absolute Gasteiger partial charge is 0.481 e. The van der Waals surface area contributed by atoms with Crippen LogP contribution in [0.3, 0.4) is 0 Å². The van der Waals surface area contributed by atoms with Crippen molar-refractivity contribution in [1.82, 2.24) is 4.90 Å². The van der Waals surface area contributed by atoms with Gasteiger partial charge in [-0.15, -0.1) is 0 Å². The number of nitrogens with zero attached hydrogens (tertiary/aromatic N) is 1. The summed E-state index contributed by atoms with van der Waals surface area (Å²) in [7, 11) is 0. The first-order valence-corrected chi connectivity index (χ1v) is 9.19. The van der Waals surface area contributed by atoms with Crippen LogP contribution in [0.15, 0.2) is 40.8 Å². The van der Waals surface area contributed by atoms with Crippen LogP contribution in [0.1, 0.15) is 48.7 Å². The van der Waals surface area contributed by atoms with Crippen LogP contribution in [0, 0.1) is 12.3 Å². The van der Waals surface area contributed by atoms with Crippen LogP contribution in [-0.4, -0.2) is 34.0 Å². The van der Waals surface area contributed by atoms with Gasteiger partial charge in [0.1, 0.15) is 11.5 Å². The summed E-state index contributed by atoms with van der Waals surface area (Å²) in [5.74, 6) is 0.793. The van der Waals surface area contributed by atoms with Crippen LogP contribution in [0.25, 0.3) is 11.3 Å². The summed E-state index contributed by atoms with van der Waals surface area (Å²) in [5.41, 5.74) is 0.739. The summed E-state index contributed by atoms with van der Waals surface area (Å²) in [6.45, 7) is 3.81. The minimum atomic E-state index is -0.787. The third-order valence-electron chi connectivity index (χ3n) is 6.19. The molecule has 2 fully saturated rings. The van der Waals surface area contributed by atoms with E-state index < -0.39 is 11.4 Å². The number of amides is 1. The molecule has 3 heterocycles. The summed E-state index contributed by atoms with van der Waals surface area (Å²) in [5, 5.41) is 9.77. The summed E-state index contributed by atoms with van der Waals surface area (Å²) in [6.07, 6.45) is 2.80. The lowest BCUT2D eigenvalue weighted by Crippen LogP contribution is -2.44. The fraction of sp³-hybridized carbons (Fsp3) is 0.429. The van der Waals surface area contributed by atoms with Gasteiger partial charge in [-0.3, -0.25) is 9.59 Å². The zero-order chi connectivity index (χ0) is 18.5. The van der Waals surface area contributed by atoms with Gasteiger partial charge in [0.05, 0.1) is 5.41 Å². The van der Waals surface area contributed by atoms with Gasteiger partial charge in [0.2, 0.25) is 0 Å². The van der Waals surface area contributed by atoms with Gasteiger partial charge in [0.15, 0.2) is 0 Å². The van der Waals surface area contributed by atoms with Gasteiger partial charge in [0, 0.05) is 23.2 Å². The molecule has 1 aromatic carbocycles. The summed E-state index contributed by atoms with van der Waals surface area (Å²) < 4.78 is 5.62. The van der Waals surface area contributed by atoms with Crippen molar-refractivity contribution in [3.05, 3.63) is 47.7 Å². The summed E-state index contributed by atoms with van der Waals surface area (Å²) >= 11 is 0. The van der Waals surface area contributed by atoms with E-state index in [9.17, 15) is 14.7 Å². The minimum Gasteiger partial charge on any atom is -0.481 e. The number of rotatable bonds is 4. The van der Waals surface area contributed by atoms with Crippen LogP contribution in [-0.2, 0) is 4.79 Å². The average Bonchev–Trinajstić information content (AvgIpc) is 3.34. The van der Waals surface area contributed by atoms with Gasteiger partial charge < -0.3 is 14.4 Å². The Morgan fingerprint density at radius 3 is 2.46 bits per heavy atom. The molecule has 1 aromatic heterocycles. The molecule has 5 heteroatoms. The second-order valence-electron chi connectivity index (χ2n) is 7.47. The Labute approximate surface area is 152 Å². The fourth-order valence-electron chi connectivity index (χ4n) is 4.77. The van der Waals surface area contributed by atoms with E-state index in [0.29, 0.717) is 18.4 Å². The molecule has 1 N–H and O–H groups in total. The van der Waals surface area contributed by atoms with Gasteiger partial charge in [-0.2, -0.15) is 0 Å². The third kappa shape index (κ3) is 2.37. The molecule has 2 aliphatic rings. The van der Waals surface area contributed by atoms with E-state index in [1.807, 2.05) is 55.1 Å². The Kier molecular flexibility index (Phi) is 3.90. The number of fused-ring (bicyclic) bond motifs is 2. The molecule has 4 rings (SSSR count). The Bertz CT molecular complexity index is 853. The van der Waals surface area contributed by atoms with Crippen LogP contribution < -0.4 is 0 Å². The van der Waals surface area contributed by atoms with E-state index >= 15 is 0 Å². The number of carbonyl (C=O) groups excluding carboxylic acids is 1. The molecular formula is C21H23NO4. The number of furan rings is 1. The maximum atomic E-state index is 13.1. The highest BCUT2D eigenvalue weighted by Crippen LogP contribution is 2.52. The lowest BCUT2D eigenvalue weighted by Gasteiger charge is -2.32. The van der Waals surface area contributed by atoms with Crippen LogP contribution in [0.2, 0.25) is 0 Å². The van der Waals surface area contributed by atoms with E-state index in [-0.39, 0.29) is 18.0 Å². The monoisotopic (exact) mass is 353 g/mol. The quantitative estimate of drug-likeness (QED) is 0.898. The predicted molar refractivity (Wildman–Crippen MR) is 96.8 cm³/mol. The Balaban J connectivity index is 1.59. The van der Waals surface area contributed by atoms with Crippen molar-refractivity contribution < 1.29 is 19.1 Å². The molecule has 0 radical (unpaired) electrons. The van der Waals surface area contributed by atoms with Crippen molar-refractivity contribution in [1.29, 1.82) is 0 Å². The molecule has 2 bridgehead atoms. The second-order valence-corrected chi connectivity index (χ2v) is 7.47. The zero-order valence-electron chi connectivity index (χ0n) is 15.1. The number of aryl methyl sites for hydroxylation is 1. The van der Waals surface area contributed by atoms with E-state index in [1.54, 1.807) is 0 Å². The minimum absolute atomic E-state index is 0.0379. The highest BCUT2D eigenvalue weighted by molar-refractivity contribution is 5.96. The molecule has 2 saturated heterocycles. The predicted octanol–water partition coefficient (Wildman–Crippen LogP) is 4.11. The van der Waals surface area contributed by atoms with Crippen molar-refractivity contribution in [2.24, 2.45) is 5.41 Å². The Hall–Kier alpha value is -2.56. The molecule has 0 spiro atoms. The molecule has 136 valence electrons. The van der Waals surface area contributed by atoms with E-state index in [2.05, 4.69) is 0 Å². The lowest BCUT2D eigenvalue weighted by molar-refractivity contribution is -0.151. The highest BCUT2D eigenvalue weighted by atomic mass is 16.4. The van der Waals surface area contributed by atoms with Gasteiger partial charge in [0.25, 0.3) is 5.91 Å². The molecular weight excluding hydrogens is 330 g/mol. The van der Waals surface area contributed by atoms with Crippen molar-refractivity contribution in [2.45, 2.75) is 51.6 Å². The molecule has 0 saturated carbocycles. The number of hydrogen-bond acceptors (Lipinski definition) is 3. The molecule has 5 nitrogen and oxygen atoms in total. The first-order chi connectivity index (χ1) is 12.5.